The van der Waals surface area contributed by atoms with Crippen LogP contribution in [0, 0.1) is 0 Å². The Balaban J connectivity index is 0.000000810. The van der Waals surface area contributed by atoms with Crippen LogP contribution in [0.5, 0.6) is 0 Å². The molecule has 2 atom stereocenters. The van der Waals surface area contributed by atoms with E-state index in [1.54, 1.807) is 0 Å². The van der Waals surface area contributed by atoms with Gasteiger partial charge in [-0.1, -0.05) is 0 Å². The molecule has 0 bridgehead atoms. The summed E-state index contributed by atoms with van der Waals surface area (Å²) in [4.78, 5) is 10.1. The number of rotatable bonds is 1. The third-order valence-corrected chi connectivity index (χ3v) is 1.38. The van der Waals surface area contributed by atoms with Gasteiger partial charge in [0.2, 0.25) is 0 Å². The number of carbonyl (C=O) groups is 1. The zero-order chi connectivity index (χ0) is 6.85. The summed E-state index contributed by atoms with van der Waals surface area (Å²) in [5, 5.41) is 10.8. The van der Waals surface area contributed by atoms with E-state index in [-0.39, 0.29) is 29.9 Å². The fourth-order valence-corrected chi connectivity index (χ4v) is 0.881. The predicted molar refractivity (Wildman–Crippen MR) is 39.3 cm³/mol. The highest BCUT2D eigenvalue weighted by molar-refractivity contribution is 8.93. The minimum Gasteiger partial charge on any atom is -0.480 e. The number of hydrogen-bond acceptors (Lipinski definition) is 2. The zero-order valence-electron chi connectivity index (χ0n) is 5.21. The molecule has 0 amide bonds. The molecule has 1 heterocycles. The van der Waals surface area contributed by atoms with Gasteiger partial charge in [0, 0.05) is 13.0 Å². The van der Waals surface area contributed by atoms with Crippen LogP contribution in [-0.2, 0) is 4.79 Å². The van der Waals surface area contributed by atoms with Crippen LogP contribution < -0.4 is 5.32 Å². The first kappa shape index (κ1) is 9.84. The molecular weight excluding hydrogens is 205 g/mol. The van der Waals surface area contributed by atoms with Crippen LogP contribution >= 0.6 is 17.0 Å². The number of alkyl halides is 1. The van der Waals surface area contributed by atoms with Crippen molar-refractivity contribution in [3.8, 4) is 0 Å². The Kier molecular flexibility index (Phi) is 3.81. The molecular formula is C5H9BrFNO2. The summed E-state index contributed by atoms with van der Waals surface area (Å²) in [6.07, 6.45) is -0.874. The lowest BCUT2D eigenvalue weighted by Gasteiger charge is -1.99. The van der Waals surface area contributed by atoms with Crippen molar-refractivity contribution in [2.45, 2.75) is 18.6 Å². The van der Waals surface area contributed by atoms with Crippen LogP contribution in [0.2, 0.25) is 0 Å². The summed E-state index contributed by atoms with van der Waals surface area (Å²) < 4.78 is 12.2. The number of carboxylic acids is 1. The fourth-order valence-electron chi connectivity index (χ4n) is 0.881. The van der Waals surface area contributed by atoms with Crippen LogP contribution in [0.3, 0.4) is 0 Å². The highest BCUT2D eigenvalue weighted by Crippen LogP contribution is 2.09. The number of carboxylic acid groups (broad SMARTS) is 1. The summed E-state index contributed by atoms with van der Waals surface area (Å²) in [6, 6.07) is -0.667. The Hall–Kier alpha value is -0.160. The molecule has 0 spiro atoms. The molecule has 1 saturated heterocycles. The van der Waals surface area contributed by atoms with Gasteiger partial charge in [0.15, 0.2) is 0 Å². The second-order valence-electron chi connectivity index (χ2n) is 2.13. The van der Waals surface area contributed by atoms with Crippen molar-refractivity contribution < 1.29 is 14.3 Å². The number of hydrogen-bond donors (Lipinski definition) is 2. The molecule has 0 saturated carbocycles. The monoisotopic (exact) mass is 213 g/mol. The van der Waals surface area contributed by atoms with Gasteiger partial charge in [-0.15, -0.1) is 17.0 Å². The summed E-state index contributed by atoms with van der Waals surface area (Å²) in [6.45, 7) is 0.178. The van der Waals surface area contributed by atoms with E-state index >= 15 is 0 Å². The van der Waals surface area contributed by atoms with Crippen LogP contribution in [0.1, 0.15) is 6.42 Å². The molecule has 0 radical (unpaired) electrons. The molecule has 1 aliphatic heterocycles. The smallest absolute Gasteiger partial charge is 0.320 e. The molecule has 0 unspecified atom stereocenters. The fraction of sp³-hybridized carbons (Fsp3) is 0.800. The molecule has 2 N–H and O–H groups in total. The van der Waals surface area contributed by atoms with Gasteiger partial charge in [-0.2, -0.15) is 0 Å². The van der Waals surface area contributed by atoms with Gasteiger partial charge in [-0.05, 0) is 0 Å². The van der Waals surface area contributed by atoms with Crippen molar-refractivity contribution >= 4 is 23.0 Å². The highest BCUT2D eigenvalue weighted by Gasteiger charge is 2.28. The second kappa shape index (κ2) is 3.88. The number of nitrogens with one attached hydrogen (secondary N) is 1. The largest absolute Gasteiger partial charge is 0.480 e. The maximum absolute atomic E-state index is 12.2. The van der Waals surface area contributed by atoms with Crippen LogP contribution in [0.4, 0.5) is 4.39 Å². The van der Waals surface area contributed by atoms with Gasteiger partial charge >= 0.3 is 5.97 Å². The van der Waals surface area contributed by atoms with E-state index in [0.717, 1.165) is 0 Å². The summed E-state index contributed by atoms with van der Waals surface area (Å²) in [7, 11) is 0. The maximum Gasteiger partial charge on any atom is 0.320 e. The van der Waals surface area contributed by atoms with Gasteiger partial charge in [0.25, 0.3) is 0 Å². The normalized spacial score (nSPS) is 31.3. The topological polar surface area (TPSA) is 49.3 Å². The Bertz CT molecular complexity index is 133. The van der Waals surface area contributed by atoms with E-state index in [0.29, 0.717) is 0 Å². The van der Waals surface area contributed by atoms with Crippen molar-refractivity contribution in [2.24, 2.45) is 0 Å². The second-order valence-corrected chi connectivity index (χ2v) is 2.13. The number of halogens is 2. The Morgan fingerprint density at radius 1 is 1.70 bits per heavy atom. The van der Waals surface area contributed by atoms with Crippen LogP contribution in [0.15, 0.2) is 0 Å². The van der Waals surface area contributed by atoms with Gasteiger partial charge in [-0.25, -0.2) is 4.39 Å². The summed E-state index contributed by atoms with van der Waals surface area (Å²) in [5.41, 5.74) is 0. The van der Waals surface area contributed by atoms with E-state index in [4.69, 9.17) is 5.11 Å². The third kappa shape index (κ3) is 2.22. The standard InChI is InChI=1S/C5H8FNO2.BrH/c6-3-1-4(5(8)9)7-2-3;/h3-4,7H,1-2H2,(H,8,9);1H/t3-,4-;/m0./s1. The van der Waals surface area contributed by atoms with Gasteiger partial charge in [0.05, 0.1) is 0 Å². The highest BCUT2D eigenvalue weighted by atomic mass is 79.9. The minimum atomic E-state index is -0.980. The molecule has 10 heavy (non-hydrogen) atoms. The molecule has 5 heteroatoms. The minimum absolute atomic E-state index is 0. The number of aliphatic carboxylic acids is 1. The lowest BCUT2D eigenvalue weighted by molar-refractivity contribution is -0.139. The van der Waals surface area contributed by atoms with Gasteiger partial charge in [-0.3, -0.25) is 4.79 Å². The maximum atomic E-state index is 12.2. The molecule has 1 fully saturated rings. The quantitative estimate of drug-likeness (QED) is 0.662. The molecule has 60 valence electrons. The average molecular weight is 214 g/mol. The van der Waals surface area contributed by atoms with Crippen molar-refractivity contribution in [3.05, 3.63) is 0 Å². The van der Waals surface area contributed by atoms with Crippen molar-refractivity contribution in [2.75, 3.05) is 6.54 Å². The lowest BCUT2D eigenvalue weighted by Crippen LogP contribution is -2.29. The first-order valence-electron chi connectivity index (χ1n) is 2.80. The first-order valence-corrected chi connectivity index (χ1v) is 2.80. The Morgan fingerprint density at radius 2 is 2.30 bits per heavy atom. The molecule has 1 aliphatic rings. The van der Waals surface area contributed by atoms with Crippen LogP contribution in [0.25, 0.3) is 0 Å². The third-order valence-electron chi connectivity index (χ3n) is 1.38. The molecule has 1 rings (SSSR count). The molecule has 0 aromatic carbocycles. The van der Waals surface area contributed by atoms with E-state index in [1.807, 2.05) is 0 Å². The predicted octanol–water partition coefficient (Wildman–Crippen LogP) is 0.349. The summed E-state index contributed by atoms with van der Waals surface area (Å²) in [5.74, 6) is -0.963. The van der Waals surface area contributed by atoms with E-state index < -0.39 is 18.2 Å². The first-order chi connectivity index (χ1) is 4.20. The zero-order valence-corrected chi connectivity index (χ0v) is 6.92. The van der Waals surface area contributed by atoms with Crippen molar-refractivity contribution in [1.29, 1.82) is 0 Å². The van der Waals surface area contributed by atoms with E-state index in [2.05, 4.69) is 5.32 Å². The van der Waals surface area contributed by atoms with E-state index in [1.165, 1.54) is 0 Å². The van der Waals surface area contributed by atoms with E-state index in [9.17, 15) is 9.18 Å². The van der Waals surface area contributed by atoms with Crippen molar-refractivity contribution in [3.63, 3.8) is 0 Å². The lowest BCUT2D eigenvalue weighted by atomic mass is 10.2. The van der Waals surface area contributed by atoms with Crippen LogP contribution in [-0.4, -0.2) is 29.8 Å². The molecule has 0 aromatic rings. The summed E-state index contributed by atoms with van der Waals surface area (Å²) >= 11 is 0. The molecule has 0 aromatic heterocycles. The SMILES string of the molecule is Br.O=C(O)[C@@H]1C[C@H](F)CN1. The average Bonchev–Trinajstić information content (AvgIpc) is 2.14. The van der Waals surface area contributed by atoms with Gasteiger partial charge < -0.3 is 10.4 Å². The molecule has 0 aliphatic carbocycles. The molecule has 3 nitrogen and oxygen atoms in total. The Labute approximate surface area is 68.4 Å². The van der Waals surface area contributed by atoms with Crippen molar-refractivity contribution in [1.82, 2.24) is 5.32 Å². The Morgan fingerprint density at radius 3 is 2.50 bits per heavy atom. The van der Waals surface area contributed by atoms with Gasteiger partial charge in [0.1, 0.15) is 12.2 Å².